The third kappa shape index (κ3) is 11.7. The van der Waals surface area contributed by atoms with Crippen molar-refractivity contribution in [1.82, 2.24) is 30.6 Å². The predicted molar refractivity (Wildman–Crippen MR) is 276 cm³/mol. The summed E-state index contributed by atoms with van der Waals surface area (Å²) in [6.07, 6.45) is 0. The topological polar surface area (TPSA) is 174 Å². The van der Waals surface area contributed by atoms with Crippen LogP contribution in [0.3, 0.4) is 0 Å². The van der Waals surface area contributed by atoms with Crippen LogP contribution in [0.25, 0.3) is 67.5 Å². The van der Waals surface area contributed by atoms with Gasteiger partial charge in [-0.25, -0.2) is 0 Å². The second-order valence-electron chi connectivity index (χ2n) is 14.6. The van der Waals surface area contributed by atoms with Gasteiger partial charge in [-0.15, -0.1) is 17.0 Å². The maximum absolute atomic E-state index is 9.83. The molecule has 0 unspecified atom stereocenters. The molecule has 338 valence electrons. The van der Waals surface area contributed by atoms with Crippen LogP contribution in [0.2, 0.25) is 0 Å². The van der Waals surface area contributed by atoms with E-state index in [1.54, 1.807) is 39.5 Å². The lowest BCUT2D eigenvalue weighted by atomic mass is 10.0. The maximum Gasteiger partial charge on any atom is 0.203 e. The molecule has 0 fully saturated rings. The molecule has 0 aliphatic heterocycles. The smallest absolute Gasteiger partial charge is 0.203 e. The lowest BCUT2D eigenvalue weighted by Gasteiger charge is -2.13. The fraction of sp³-hybridized carbons (Fsp3) is 0.100. The number of aromatic nitrogens is 6. The summed E-state index contributed by atoms with van der Waals surface area (Å²) < 4.78 is 19.1. The number of nitrogens with zero attached hydrogens (tertiary/aromatic N) is 3. The van der Waals surface area contributed by atoms with Gasteiger partial charge in [0.05, 0.1) is 55.5 Å². The van der Waals surface area contributed by atoms with Crippen molar-refractivity contribution in [3.63, 3.8) is 0 Å². The Morgan fingerprint density at radius 2 is 0.955 bits per heavy atom. The molecule has 6 aromatic carbocycles. The standard InChI is InChI=1S/C20H22N2O3.C15H10Br2N2O2.C15H11BrN2O.BrH/c1-12-6-7-14(8-13(12)2)16-11-17(22-21-16)15-9-18(23-3)20(25-5)19(10-15)24-4;16-10-3-9(4-11(17)6-10)13-7-12(18-19-13)8-1-2-14(20)15(21)5-8;16-11-5-3-4-10(8-11)13-9-14(18-17-13)12-6-1-2-7-15(12)19;/h6-11H,1-5H3,(H,21,22);1-7,20-21H,(H,18,19);1-9,19H,(H,17,18);1H. The first-order valence-electron chi connectivity index (χ1n) is 19.9. The summed E-state index contributed by atoms with van der Waals surface area (Å²) in [4.78, 5) is 0. The number of para-hydroxylation sites is 1. The minimum absolute atomic E-state index is 0. The monoisotopic (exact) mass is 1140 g/mol. The summed E-state index contributed by atoms with van der Waals surface area (Å²) in [6, 6.07) is 41.7. The number of H-pyrrole nitrogens is 3. The Kier molecular flexibility index (Phi) is 16.5. The number of benzene rings is 6. The first-order chi connectivity index (χ1) is 31.3. The van der Waals surface area contributed by atoms with Gasteiger partial charge in [-0.3, -0.25) is 15.3 Å². The van der Waals surface area contributed by atoms with E-state index in [4.69, 9.17) is 14.2 Å². The zero-order valence-corrected chi connectivity index (χ0v) is 42.6. The maximum atomic E-state index is 9.83. The van der Waals surface area contributed by atoms with E-state index < -0.39 is 0 Å². The molecule has 0 saturated carbocycles. The average Bonchev–Trinajstić information content (AvgIpc) is 4.11. The number of hydrogen-bond acceptors (Lipinski definition) is 9. The molecule has 0 atom stereocenters. The molecule has 0 saturated heterocycles. The Balaban J connectivity index is 0.000000164. The van der Waals surface area contributed by atoms with Crippen LogP contribution in [0.1, 0.15) is 11.1 Å². The molecule has 0 amide bonds. The van der Waals surface area contributed by atoms with Gasteiger partial charge in [0.1, 0.15) is 5.75 Å². The number of nitrogens with one attached hydrogen (secondary N) is 3. The molecule has 16 heteroatoms. The second kappa shape index (κ2) is 22.2. The Hall–Kier alpha value is -6.33. The van der Waals surface area contributed by atoms with Crippen LogP contribution in [0.5, 0.6) is 34.5 Å². The fourth-order valence-corrected chi connectivity index (χ4v) is 8.42. The van der Waals surface area contributed by atoms with Gasteiger partial charge in [0, 0.05) is 41.2 Å². The quantitative estimate of drug-likeness (QED) is 0.0769. The van der Waals surface area contributed by atoms with Crippen LogP contribution in [0.4, 0.5) is 0 Å². The minimum Gasteiger partial charge on any atom is -0.507 e. The van der Waals surface area contributed by atoms with Gasteiger partial charge in [0.25, 0.3) is 0 Å². The number of rotatable bonds is 9. The Morgan fingerprint density at radius 1 is 0.424 bits per heavy atom. The zero-order valence-electron chi connectivity index (χ0n) is 36.2. The molecular formula is C50H44Br4N6O6. The molecule has 6 N–H and O–H groups in total. The van der Waals surface area contributed by atoms with Crippen LogP contribution in [-0.4, -0.2) is 67.2 Å². The largest absolute Gasteiger partial charge is 0.507 e. The summed E-state index contributed by atoms with van der Waals surface area (Å²) in [5.41, 5.74) is 13.0. The summed E-state index contributed by atoms with van der Waals surface area (Å²) in [6.45, 7) is 4.21. The van der Waals surface area contributed by atoms with Crippen molar-refractivity contribution in [1.29, 1.82) is 0 Å². The Morgan fingerprint density at radius 3 is 1.52 bits per heavy atom. The summed E-state index contributed by atoms with van der Waals surface area (Å²) in [5.74, 6) is 1.72. The van der Waals surface area contributed by atoms with Crippen LogP contribution in [-0.2, 0) is 0 Å². The lowest BCUT2D eigenvalue weighted by Crippen LogP contribution is -1.95. The SMILES string of the molecule is Br.COc1cc(-c2cc(-c3ccc(C)c(C)c3)[nH]n2)cc(OC)c1OC.Oc1ccc(-c2cc(-c3cc(Br)cc(Br)c3)n[nH]2)cc1O.Oc1ccccc1-c1cc(-c2cccc(Br)c2)n[nH]1. The van der Waals surface area contributed by atoms with Gasteiger partial charge < -0.3 is 29.5 Å². The highest BCUT2D eigenvalue weighted by Gasteiger charge is 2.17. The molecule has 0 aliphatic rings. The van der Waals surface area contributed by atoms with E-state index in [1.807, 2.05) is 84.9 Å². The summed E-state index contributed by atoms with van der Waals surface area (Å²) in [7, 11) is 4.80. The Labute approximate surface area is 417 Å². The fourth-order valence-electron chi connectivity index (χ4n) is 6.72. The van der Waals surface area contributed by atoms with Gasteiger partial charge in [0.15, 0.2) is 23.0 Å². The number of halogens is 4. The highest BCUT2D eigenvalue weighted by atomic mass is 79.9. The van der Waals surface area contributed by atoms with E-state index in [-0.39, 0.29) is 34.2 Å². The molecule has 3 aromatic heterocycles. The lowest BCUT2D eigenvalue weighted by molar-refractivity contribution is 0.324. The van der Waals surface area contributed by atoms with Crippen LogP contribution < -0.4 is 14.2 Å². The van der Waals surface area contributed by atoms with Gasteiger partial charge in [-0.1, -0.05) is 84.2 Å². The van der Waals surface area contributed by atoms with E-state index >= 15 is 0 Å². The van der Waals surface area contributed by atoms with Crippen molar-refractivity contribution in [2.45, 2.75) is 13.8 Å². The highest BCUT2D eigenvalue weighted by Crippen LogP contribution is 2.41. The normalized spacial score (nSPS) is 10.5. The van der Waals surface area contributed by atoms with Crippen molar-refractivity contribution >= 4 is 64.8 Å². The summed E-state index contributed by atoms with van der Waals surface area (Å²) in [5, 5.41) is 50.8. The Bertz CT molecular complexity index is 3050. The molecule has 0 spiro atoms. The predicted octanol–water partition coefficient (Wildman–Crippen LogP) is 13.9. The van der Waals surface area contributed by atoms with Crippen LogP contribution in [0, 0.1) is 13.8 Å². The number of aromatic hydroxyl groups is 3. The summed E-state index contributed by atoms with van der Waals surface area (Å²) >= 11 is 10.3. The number of aryl methyl sites for hydroxylation is 2. The van der Waals surface area contributed by atoms with Gasteiger partial charge in [-0.2, -0.15) is 15.3 Å². The highest BCUT2D eigenvalue weighted by molar-refractivity contribution is 9.11. The zero-order chi connectivity index (χ0) is 46.2. The molecule has 0 aliphatic carbocycles. The molecule has 66 heavy (non-hydrogen) atoms. The average molecular weight is 1140 g/mol. The third-order valence-electron chi connectivity index (χ3n) is 10.3. The van der Waals surface area contributed by atoms with E-state index in [1.165, 1.54) is 23.3 Å². The van der Waals surface area contributed by atoms with Crippen molar-refractivity contribution in [2.24, 2.45) is 0 Å². The minimum atomic E-state index is -0.158. The van der Waals surface area contributed by atoms with Crippen molar-refractivity contribution in [3.8, 4) is 102 Å². The van der Waals surface area contributed by atoms with Gasteiger partial charge >= 0.3 is 0 Å². The number of methoxy groups -OCH3 is 3. The number of aromatic amines is 3. The van der Waals surface area contributed by atoms with Crippen molar-refractivity contribution < 1.29 is 29.5 Å². The van der Waals surface area contributed by atoms with Crippen molar-refractivity contribution in [3.05, 3.63) is 158 Å². The molecule has 9 rings (SSSR count). The second-order valence-corrected chi connectivity index (χ2v) is 17.3. The molecule has 9 aromatic rings. The molecule has 0 bridgehead atoms. The van der Waals surface area contributed by atoms with Crippen molar-refractivity contribution in [2.75, 3.05) is 21.3 Å². The van der Waals surface area contributed by atoms with Crippen LogP contribution in [0.15, 0.2) is 147 Å². The number of hydrogen-bond donors (Lipinski definition) is 6. The molecule has 0 radical (unpaired) electrons. The first kappa shape index (κ1) is 49.1. The number of phenolic OH excluding ortho intramolecular Hbond substituents is 3. The first-order valence-corrected chi connectivity index (χ1v) is 22.3. The number of ether oxygens (including phenoxy) is 3. The molecular weight excluding hydrogens is 1100 g/mol. The van der Waals surface area contributed by atoms with Crippen LogP contribution >= 0.6 is 64.8 Å². The van der Waals surface area contributed by atoms with Gasteiger partial charge in [-0.05, 0) is 128 Å². The third-order valence-corrected chi connectivity index (χ3v) is 11.7. The molecule has 12 nitrogen and oxygen atoms in total. The molecule has 3 heterocycles. The number of phenols is 3. The van der Waals surface area contributed by atoms with E-state index in [2.05, 4.69) is 110 Å². The van der Waals surface area contributed by atoms with E-state index in [0.29, 0.717) is 17.2 Å². The van der Waals surface area contributed by atoms with Gasteiger partial charge in [0.2, 0.25) is 5.75 Å². The van der Waals surface area contributed by atoms with E-state index in [9.17, 15) is 15.3 Å². The van der Waals surface area contributed by atoms with E-state index in [0.717, 1.165) is 81.0 Å².